The first-order chi connectivity index (χ1) is 10.8. The average molecular weight is 399 g/mol. The number of nitrogens with zero attached hydrogens (tertiary/aromatic N) is 4. The fourth-order valence-corrected chi connectivity index (χ4v) is 4.83. The van der Waals surface area contributed by atoms with E-state index in [0.29, 0.717) is 10.8 Å². The quantitative estimate of drug-likeness (QED) is 0.492. The number of amides is 1. The molecule has 122 valence electrons. The van der Waals surface area contributed by atoms with Gasteiger partial charge in [-0.3, -0.25) is 9.79 Å². The molecule has 4 aliphatic rings. The molecule has 4 heterocycles. The number of hydrogen-bond acceptors (Lipinski definition) is 3. The highest BCUT2D eigenvalue weighted by molar-refractivity contribution is 9.18. The number of piperidine rings is 1. The third-order valence-corrected chi connectivity index (χ3v) is 6.72. The molecule has 0 N–H and O–H groups in total. The van der Waals surface area contributed by atoms with Gasteiger partial charge in [-0.05, 0) is 19.3 Å². The monoisotopic (exact) mass is 397 g/mol. The minimum atomic E-state index is -0.238. The molecule has 0 aliphatic carbocycles. The molecule has 23 heavy (non-hydrogen) atoms. The first kappa shape index (κ1) is 15.5. The van der Waals surface area contributed by atoms with Crippen molar-refractivity contribution in [2.45, 2.75) is 39.2 Å². The van der Waals surface area contributed by atoms with Crippen LogP contribution in [-0.4, -0.2) is 38.4 Å². The summed E-state index contributed by atoms with van der Waals surface area (Å²) in [6.07, 6.45) is 8.27. The van der Waals surface area contributed by atoms with Crippen LogP contribution >= 0.6 is 27.7 Å². The lowest BCUT2D eigenvalue weighted by Crippen LogP contribution is -2.43. The Morgan fingerprint density at radius 2 is 2.22 bits per heavy atom. The third-order valence-electron chi connectivity index (χ3n) is 5.33. The Balaban J connectivity index is 1.66. The minimum absolute atomic E-state index is 0.0121. The van der Waals surface area contributed by atoms with Crippen molar-refractivity contribution in [1.29, 1.82) is 0 Å². The molecule has 4 rings (SSSR count). The second kappa shape index (κ2) is 5.01. The van der Waals surface area contributed by atoms with E-state index in [2.05, 4.69) is 30.8 Å². The highest BCUT2D eigenvalue weighted by Gasteiger charge is 2.51. The number of quaternary nitrogens is 1. The third kappa shape index (κ3) is 2.18. The van der Waals surface area contributed by atoms with Crippen LogP contribution in [0, 0.1) is 11.3 Å². The minimum Gasteiger partial charge on any atom is -0.339 e. The number of halogens is 2. The van der Waals surface area contributed by atoms with Gasteiger partial charge in [0.25, 0.3) is 4.74 Å². The van der Waals surface area contributed by atoms with Crippen LogP contribution in [0.3, 0.4) is 0 Å². The van der Waals surface area contributed by atoms with Gasteiger partial charge in [-0.25, -0.2) is 0 Å². The Morgan fingerprint density at radius 3 is 3.00 bits per heavy atom. The van der Waals surface area contributed by atoms with Gasteiger partial charge >= 0.3 is 0 Å². The van der Waals surface area contributed by atoms with Crippen molar-refractivity contribution >= 4 is 44.6 Å². The van der Waals surface area contributed by atoms with Crippen LogP contribution in [-0.2, 0) is 4.79 Å². The van der Waals surface area contributed by atoms with Crippen molar-refractivity contribution in [1.82, 2.24) is 4.90 Å². The van der Waals surface area contributed by atoms with Crippen LogP contribution in [0.25, 0.3) is 0 Å². The van der Waals surface area contributed by atoms with Crippen molar-refractivity contribution in [3.05, 3.63) is 23.8 Å². The summed E-state index contributed by atoms with van der Waals surface area (Å²) >= 11 is 10.2. The summed E-state index contributed by atoms with van der Waals surface area (Å²) < 4.78 is 0.667. The van der Waals surface area contributed by atoms with Gasteiger partial charge in [-0.1, -0.05) is 13.8 Å². The normalized spacial score (nSPS) is 38.0. The van der Waals surface area contributed by atoms with E-state index >= 15 is 0 Å². The Morgan fingerprint density at radius 1 is 1.43 bits per heavy atom. The van der Waals surface area contributed by atoms with Crippen LogP contribution < -0.4 is 0 Å². The van der Waals surface area contributed by atoms with Crippen LogP contribution in [0.15, 0.2) is 33.8 Å². The fourth-order valence-electron chi connectivity index (χ4n) is 4.11. The van der Waals surface area contributed by atoms with Gasteiger partial charge in [-0.2, -0.15) is 4.99 Å². The molecule has 3 atom stereocenters. The fraction of sp³-hybridized carbons (Fsp3) is 0.562. The number of rotatable bonds is 1. The van der Waals surface area contributed by atoms with Crippen molar-refractivity contribution in [2.75, 3.05) is 6.54 Å². The molecule has 0 aromatic carbocycles. The first-order valence-electron chi connectivity index (χ1n) is 7.93. The predicted octanol–water partition coefficient (Wildman–Crippen LogP) is 3.53. The summed E-state index contributed by atoms with van der Waals surface area (Å²) in [6, 6.07) is 0.378. The lowest BCUT2D eigenvalue weighted by Gasteiger charge is -2.35. The maximum absolute atomic E-state index is 12.6. The van der Waals surface area contributed by atoms with Gasteiger partial charge < -0.3 is 4.90 Å². The maximum atomic E-state index is 12.6. The second-order valence-corrected chi connectivity index (χ2v) is 8.58. The number of amidine groups is 1. The van der Waals surface area contributed by atoms with Gasteiger partial charge in [0.05, 0.1) is 12.4 Å². The summed E-state index contributed by atoms with van der Waals surface area (Å²) in [7, 11) is 0. The summed E-state index contributed by atoms with van der Waals surface area (Å²) in [5.41, 5.74) is 1.60. The maximum Gasteiger partial charge on any atom is 0.299 e. The van der Waals surface area contributed by atoms with Crippen LogP contribution in [0.4, 0.5) is 0 Å². The molecule has 4 aliphatic heterocycles. The van der Waals surface area contributed by atoms with Gasteiger partial charge in [0.1, 0.15) is 11.9 Å². The topological polar surface area (TPSA) is 45.0 Å². The van der Waals surface area contributed by atoms with Crippen LogP contribution in [0.1, 0.15) is 33.1 Å². The number of fused-ring (bicyclic) bond motifs is 2. The lowest BCUT2D eigenvalue weighted by atomic mass is 9.86. The van der Waals surface area contributed by atoms with Crippen LogP contribution in [0.2, 0.25) is 0 Å². The molecule has 3 unspecified atom stereocenters. The van der Waals surface area contributed by atoms with Gasteiger partial charge in [0, 0.05) is 39.8 Å². The highest BCUT2D eigenvalue weighted by Crippen LogP contribution is 2.45. The average Bonchev–Trinajstić information content (AvgIpc) is 2.91. The van der Waals surface area contributed by atoms with Gasteiger partial charge in [0.15, 0.2) is 11.8 Å². The van der Waals surface area contributed by atoms with Crippen molar-refractivity contribution in [3.8, 4) is 0 Å². The molecule has 0 spiro atoms. The van der Waals surface area contributed by atoms with E-state index in [0.717, 1.165) is 37.2 Å². The number of carbonyl (C=O) groups is 1. The van der Waals surface area contributed by atoms with Crippen molar-refractivity contribution in [2.24, 2.45) is 21.3 Å². The molecule has 0 bridgehead atoms. The molecule has 0 aromatic heterocycles. The summed E-state index contributed by atoms with van der Waals surface area (Å²) in [5.74, 6) is 0.478. The SMILES string of the molecule is CC1(C)CC2CCC(C3=C4C=NC=C[N+]4(Cl)C(Br)=N3)CN2C1=O. The Bertz CT molecular complexity index is 711. The van der Waals surface area contributed by atoms with E-state index in [1.807, 2.05) is 13.8 Å². The molecule has 0 aromatic rings. The molecule has 1 amide bonds. The molecular formula is C16H19BrClN4O+. The zero-order valence-electron chi connectivity index (χ0n) is 13.2. The second-order valence-electron chi connectivity index (χ2n) is 7.34. The summed E-state index contributed by atoms with van der Waals surface area (Å²) in [6.45, 7) is 4.83. The lowest BCUT2D eigenvalue weighted by molar-refractivity contribution is -0.595. The summed E-state index contributed by atoms with van der Waals surface area (Å²) in [5, 5.41) is 0. The van der Waals surface area contributed by atoms with Gasteiger partial charge in [-0.15, -0.1) is 4.00 Å². The number of carbonyl (C=O) groups excluding carboxylic acids is 1. The van der Waals surface area contributed by atoms with E-state index < -0.39 is 0 Å². The predicted molar refractivity (Wildman–Crippen MR) is 93.8 cm³/mol. The number of hydrogen-bond donors (Lipinski definition) is 0. The molecule has 0 radical (unpaired) electrons. The highest BCUT2D eigenvalue weighted by atomic mass is 79.9. The van der Waals surface area contributed by atoms with E-state index in [1.165, 1.54) is 0 Å². The Hall–Kier alpha value is -0.980. The van der Waals surface area contributed by atoms with E-state index in [9.17, 15) is 4.79 Å². The van der Waals surface area contributed by atoms with E-state index in [1.54, 1.807) is 18.6 Å². The molecule has 0 saturated carbocycles. The standard InChI is InChI=1S/C16H19BrClN4O/c1-16(2)7-11-4-3-10(9-21(11)14(16)23)13-12-8-19-5-6-22(12,18)15(17)20-13/h5-6,8,10-11H,3-4,7,9H2,1-2H3/q+1. The largest absolute Gasteiger partial charge is 0.339 e. The van der Waals surface area contributed by atoms with E-state index in [4.69, 9.17) is 11.8 Å². The Labute approximate surface area is 149 Å². The number of allylic oxidation sites excluding steroid dienone is 1. The molecule has 2 saturated heterocycles. The molecule has 2 fully saturated rings. The molecule has 7 heteroatoms. The number of aliphatic imine (C=N–C) groups is 2. The van der Waals surface area contributed by atoms with E-state index in [-0.39, 0.29) is 21.2 Å². The van der Waals surface area contributed by atoms with Crippen molar-refractivity contribution < 1.29 is 8.80 Å². The zero-order valence-corrected chi connectivity index (χ0v) is 15.5. The summed E-state index contributed by atoms with van der Waals surface area (Å²) in [4.78, 5) is 23.6. The van der Waals surface area contributed by atoms with Crippen molar-refractivity contribution in [3.63, 3.8) is 0 Å². The van der Waals surface area contributed by atoms with Crippen LogP contribution in [0.5, 0.6) is 0 Å². The molecule has 5 nitrogen and oxygen atoms in total. The zero-order chi connectivity index (χ0) is 16.4. The molecular weight excluding hydrogens is 380 g/mol. The Kier molecular flexibility index (Phi) is 3.38. The first-order valence-corrected chi connectivity index (χ1v) is 9.06. The smallest absolute Gasteiger partial charge is 0.299 e. The van der Waals surface area contributed by atoms with Gasteiger partial charge in [0.2, 0.25) is 11.6 Å².